The van der Waals surface area contributed by atoms with Gasteiger partial charge in [-0.2, -0.15) is 0 Å². The Morgan fingerprint density at radius 1 is 0.875 bits per heavy atom. The number of aryl methyl sites for hydroxylation is 1. The molecule has 1 heterocycles. The molecule has 0 fully saturated rings. The maximum atomic E-state index is 8.93. The molecule has 0 unspecified atom stereocenters. The summed E-state index contributed by atoms with van der Waals surface area (Å²) in [5.74, 6) is -8.03. The summed E-state index contributed by atoms with van der Waals surface area (Å²) in [5, 5.41) is 35.7. The Kier molecular flexibility index (Phi) is 31.6. The zero-order valence-electron chi connectivity index (χ0n) is 12.1. The van der Waals surface area contributed by atoms with E-state index in [1.807, 2.05) is 25.1 Å². The van der Waals surface area contributed by atoms with Gasteiger partial charge in [-0.3, -0.25) is 5.73 Å². The second-order valence-electron chi connectivity index (χ2n) is 2.94. The van der Waals surface area contributed by atoms with Gasteiger partial charge in [0.05, 0.1) is 29.6 Å². The number of hydrogen-bond donors (Lipinski definition) is 1. The molecule has 1 radical (unpaired) electrons. The van der Waals surface area contributed by atoms with Crippen molar-refractivity contribution in [2.75, 3.05) is 5.73 Å². The fourth-order valence-corrected chi connectivity index (χ4v) is 0.607. The summed E-state index contributed by atoms with van der Waals surface area (Å²) in [7, 11) is 0. The molecular weight excluding hydrogens is 376 g/mol. The quantitative estimate of drug-likeness (QED) is 0.322. The Hall–Kier alpha value is -2.76. The molecule has 137 valence electrons. The number of nitrogens with two attached hydrogens (primary N) is 1. The predicted octanol–water partition coefficient (Wildman–Crippen LogP) is -9.31. The second kappa shape index (κ2) is 20.2. The normalized spacial score (nSPS) is 6.71. The van der Waals surface area contributed by atoms with Crippen LogP contribution in [-0.2, 0) is 47.5 Å². The van der Waals surface area contributed by atoms with E-state index in [-0.39, 0.29) is 33.8 Å². The Labute approximate surface area is 145 Å². The third kappa shape index (κ3) is 27.6. The molecule has 24 heavy (non-hydrogen) atoms. The Bertz CT molecular complexity index is 444. The van der Waals surface area contributed by atoms with Gasteiger partial charge in [0, 0.05) is 6.07 Å². The van der Waals surface area contributed by atoms with Gasteiger partial charge < -0.3 is 56.0 Å². The molecule has 0 aliphatic heterocycles. The van der Waals surface area contributed by atoms with Crippen molar-refractivity contribution < 1.29 is 78.4 Å². The van der Waals surface area contributed by atoms with Crippen LogP contribution < -0.4 is 31.1 Å². The number of pyridine rings is 1. The van der Waals surface area contributed by atoms with Gasteiger partial charge in [0.1, 0.15) is 0 Å². The van der Waals surface area contributed by atoms with E-state index in [0.29, 0.717) is 5.82 Å². The summed E-state index contributed by atoms with van der Waals surface area (Å²) >= 11 is 0. The number of carboxylic acids is 4. The van der Waals surface area contributed by atoms with Crippen LogP contribution in [0.1, 0.15) is 5.69 Å². The van der Waals surface area contributed by atoms with E-state index < -0.39 is 23.9 Å². The number of carbonyl (C=O) groups is 4. The minimum absolute atomic E-state index is 0. The largest absolute Gasteiger partial charge is 3.00 e. The Morgan fingerprint density at radius 3 is 1.29 bits per heavy atom. The van der Waals surface area contributed by atoms with Crippen LogP contribution >= 0.6 is 0 Å². The number of carboxylic acid groups (broad SMARTS) is 4. The van der Waals surface area contributed by atoms with E-state index in [9.17, 15) is 0 Å². The van der Waals surface area contributed by atoms with E-state index in [1.54, 1.807) is 0 Å². The average molecular weight is 393 g/mol. The summed E-state index contributed by atoms with van der Waals surface area (Å²) in [6.45, 7) is 1.97. The minimum atomic E-state index is -2.19. The summed E-state index contributed by atoms with van der Waals surface area (Å²) in [4.78, 5) is 38.7. The van der Waals surface area contributed by atoms with Crippen LogP contribution in [0.3, 0.4) is 0 Å². The third-order valence-corrected chi connectivity index (χ3v) is 1.30. The number of rotatable bonds is 0. The number of carbonyl (C=O) groups excluding carboxylic acids is 4. The van der Waals surface area contributed by atoms with Gasteiger partial charge in [-0.25, -0.2) is 4.98 Å². The van der Waals surface area contributed by atoms with Gasteiger partial charge in [-0.1, -0.05) is 6.07 Å². The first-order valence-electron chi connectivity index (χ1n) is 4.67. The molecule has 13 nitrogen and oxygen atoms in total. The van der Waals surface area contributed by atoms with Crippen molar-refractivity contribution in [2.24, 2.45) is 0 Å². The van der Waals surface area contributed by atoms with Crippen molar-refractivity contribution >= 4 is 29.7 Å². The van der Waals surface area contributed by atoms with Crippen LogP contribution in [0, 0.1) is 6.92 Å². The van der Waals surface area contributed by atoms with Crippen molar-refractivity contribution in [2.45, 2.75) is 6.92 Å². The summed E-state index contributed by atoms with van der Waals surface area (Å²) < 4.78 is 0. The molecule has 0 saturated heterocycles. The zero-order chi connectivity index (χ0) is 16.3. The number of aromatic amines is 1. The fourth-order valence-electron chi connectivity index (χ4n) is 0.607. The van der Waals surface area contributed by atoms with E-state index in [0.717, 1.165) is 5.69 Å². The molecule has 0 bridgehead atoms. The van der Waals surface area contributed by atoms with Crippen molar-refractivity contribution in [1.82, 2.24) is 0 Å². The van der Waals surface area contributed by atoms with Crippen LogP contribution in [0.2, 0.25) is 0 Å². The first-order chi connectivity index (χ1) is 9.07. The van der Waals surface area contributed by atoms with E-state index in [2.05, 4.69) is 4.98 Å². The van der Waals surface area contributed by atoms with Gasteiger partial charge in [0.25, 0.3) is 5.82 Å². The van der Waals surface area contributed by atoms with Crippen LogP contribution in [0.4, 0.5) is 5.82 Å². The number of aromatic nitrogens is 1. The molecule has 0 atom stereocenters. The van der Waals surface area contributed by atoms with Crippen LogP contribution in [0.5, 0.6) is 0 Å². The first-order valence-corrected chi connectivity index (χ1v) is 4.67. The molecule has 0 aliphatic rings. The van der Waals surface area contributed by atoms with Gasteiger partial charge in [0.2, 0.25) is 0 Å². The molecule has 0 spiro atoms. The van der Waals surface area contributed by atoms with Crippen LogP contribution in [-0.4, -0.2) is 29.4 Å². The fraction of sp³-hybridized carbons (Fsp3) is 0.100. The van der Waals surface area contributed by atoms with Crippen molar-refractivity contribution in [3.8, 4) is 0 Å². The average Bonchev–Trinajstić information content (AvgIpc) is 2.29. The van der Waals surface area contributed by atoms with Gasteiger partial charge >= 0.3 is 17.4 Å². The van der Waals surface area contributed by atoms with E-state index >= 15 is 0 Å². The summed E-state index contributed by atoms with van der Waals surface area (Å²) in [6, 6.07) is 5.71. The van der Waals surface area contributed by atoms with E-state index in [4.69, 9.17) is 45.3 Å². The Balaban J connectivity index is -0.0000000475. The summed E-state index contributed by atoms with van der Waals surface area (Å²) in [5.41, 5.74) is 6.49. The van der Waals surface area contributed by atoms with Crippen molar-refractivity contribution in [1.29, 1.82) is 0 Å². The number of H-pyrrole nitrogens is 1. The molecular formula is C10H17CrN2O11+2. The summed E-state index contributed by atoms with van der Waals surface area (Å²) in [6.07, 6.45) is 0. The molecule has 0 amide bonds. The van der Waals surface area contributed by atoms with Gasteiger partial charge in [-0.15, -0.1) is 0 Å². The number of aliphatic carboxylic acids is 4. The predicted molar refractivity (Wildman–Crippen MR) is 65.5 cm³/mol. The molecule has 1 rings (SSSR count). The zero-order valence-corrected chi connectivity index (χ0v) is 13.4. The molecule has 0 aliphatic carbocycles. The Morgan fingerprint density at radius 2 is 1.17 bits per heavy atom. The topological polar surface area (TPSA) is 298 Å². The van der Waals surface area contributed by atoms with Crippen LogP contribution in [0.25, 0.3) is 0 Å². The second-order valence-corrected chi connectivity index (χ2v) is 2.94. The molecule has 0 saturated carbocycles. The van der Waals surface area contributed by atoms with Crippen molar-refractivity contribution in [3.63, 3.8) is 0 Å². The maximum Gasteiger partial charge on any atom is 3.00 e. The number of nitrogens with one attached hydrogen (secondary N) is 1. The van der Waals surface area contributed by atoms with Crippen LogP contribution in [0.15, 0.2) is 18.2 Å². The monoisotopic (exact) mass is 393 g/mol. The third-order valence-electron chi connectivity index (χ3n) is 1.30. The van der Waals surface area contributed by atoms with Gasteiger partial charge in [-0.05, 0) is 13.0 Å². The van der Waals surface area contributed by atoms with Gasteiger partial charge in [0.15, 0.2) is 0 Å². The smallest absolute Gasteiger partial charge is 0.543 e. The standard InChI is InChI=1S/C6H8N2.2C2H2O4.Cr.3H2O/c1-5-3-2-4-6(7)8-5;2*3-1(4)2(5)6;;;;/h2-4H,1H3,(H2,7,8);2*(H,3,4)(H,5,6);;3*1H2/q;;;+3;;;/p-1. The minimum Gasteiger partial charge on any atom is -0.543 e. The molecule has 1 aromatic rings. The number of nitrogen functional groups attached to an aromatic ring is 1. The number of hydrogen-bond acceptors (Lipinski definition) is 9. The molecule has 14 heteroatoms. The SMILES string of the molecule is Cc1cccc(N)[nH+]1.O.O=C([O-])C(=O)[O-].O=C([O-])C(=O)[O-].[Cr+3].[OH3+].[OH3+]. The van der Waals surface area contributed by atoms with E-state index in [1.165, 1.54) is 0 Å². The molecule has 11 N–H and O–H groups in total. The van der Waals surface area contributed by atoms with Crippen molar-refractivity contribution in [3.05, 3.63) is 23.9 Å². The maximum absolute atomic E-state index is 8.93. The molecule has 0 aromatic carbocycles. The number of anilines is 1. The first kappa shape index (κ1) is 37.5. The molecule has 1 aromatic heterocycles.